The van der Waals surface area contributed by atoms with E-state index in [1.807, 2.05) is 51.1 Å². The smallest absolute Gasteiger partial charge is 0.261 e. The van der Waals surface area contributed by atoms with Gasteiger partial charge in [0.05, 0.1) is 16.6 Å². The van der Waals surface area contributed by atoms with Gasteiger partial charge >= 0.3 is 0 Å². The van der Waals surface area contributed by atoms with Gasteiger partial charge in [-0.15, -0.1) is 0 Å². The van der Waals surface area contributed by atoms with Crippen LogP contribution in [0, 0.1) is 12.8 Å². The summed E-state index contributed by atoms with van der Waals surface area (Å²) in [5.74, 6) is 1.19. The van der Waals surface area contributed by atoms with E-state index in [1.54, 1.807) is 12.1 Å². The number of carbonyl (C=O) groups is 1. The molecule has 0 unspecified atom stereocenters. The lowest BCUT2D eigenvalue weighted by atomic mass is 9.95. The van der Waals surface area contributed by atoms with Gasteiger partial charge in [-0.25, -0.2) is 8.42 Å². The number of para-hydroxylation sites is 1. The van der Waals surface area contributed by atoms with E-state index in [0.29, 0.717) is 36.0 Å². The summed E-state index contributed by atoms with van der Waals surface area (Å²) < 4.78 is 39.4. The van der Waals surface area contributed by atoms with Crippen LogP contribution in [0.3, 0.4) is 0 Å². The van der Waals surface area contributed by atoms with Gasteiger partial charge in [-0.05, 0) is 66.4 Å². The maximum Gasteiger partial charge on any atom is 0.261 e. The minimum absolute atomic E-state index is 0.0829. The molecule has 1 aliphatic rings. The van der Waals surface area contributed by atoms with E-state index in [-0.39, 0.29) is 22.8 Å². The van der Waals surface area contributed by atoms with Crippen molar-refractivity contribution >= 4 is 21.6 Å². The van der Waals surface area contributed by atoms with Crippen molar-refractivity contribution < 1.29 is 22.7 Å². The number of anilines is 1. The van der Waals surface area contributed by atoms with Crippen LogP contribution in [0.15, 0.2) is 71.6 Å². The van der Waals surface area contributed by atoms with Crippen molar-refractivity contribution in [3.05, 3.63) is 83.4 Å². The van der Waals surface area contributed by atoms with Crippen molar-refractivity contribution in [1.29, 1.82) is 0 Å². The first-order valence-corrected chi connectivity index (χ1v) is 12.6. The van der Waals surface area contributed by atoms with Crippen LogP contribution in [-0.2, 0) is 10.0 Å². The zero-order valence-corrected chi connectivity index (χ0v) is 20.2. The number of amides is 1. The van der Waals surface area contributed by atoms with Gasteiger partial charge in [-0.3, -0.25) is 9.52 Å². The number of fused-ring (bicyclic) bond motifs is 1. The predicted octanol–water partition coefficient (Wildman–Crippen LogP) is 4.69. The van der Waals surface area contributed by atoms with Crippen molar-refractivity contribution in [2.75, 3.05) is 17.9 Å². The zero-order valence-electron chi connectivity index (χ0n) is 19.4. The second kappa shape index (κ2) is 9.77. The molecule has 0 aromatic heterocycles. The summed E-state index contributed by atoms with van der Waals surface area (Å²) in [6.07, 6.45) is 0. The maximum atomic E-state index is 13.0. The van der Waals surface area contributed by atoms with Crippen LogP contribution in [0.1, 0.15) is 41.4 Å². The first kappa shape index (κ1) is 23.6. The van der Waals surface area contributed by atoms with E-state index >= 15 is 0 Å². The monoisotopic (exact) mass is 480 g/mol. The Balaban J connectivity index is 1.50. The van der Waals surface area contributed by atoms with Crippen LogP contribution >= 0.6 is 0 Å². The highest BCUT2D eigenvalue weighted by Gasteiger charge is 2.23. The molecule has 1 aliphatic heterocycles. The molecule has 2 N–H and O–H groups in total. The van der Waals surface area contributed by atoms with Crippen LogP contribution in [0.4, 0.5) is 5.69 Å². The molecule has 3 aromatic carbocycles. The molecule has 3 aromatic rings. The predicted molar refractivity (Wildman–Crippen MR) is 131 cm³/mol. The molecule has 34 heavy (non-hydrogen) atoms. The van der Waals surface area contributed by atoms with Crippen molar-refractivity contribution in [2.24, 2.45) is 5.92 Å². The van der Waals surface area contributed by atoms with Gasteiger partial charge in [0.2, 0.25) is 0 Å². The number of carbonyl (C=O) groups excluding carboxylic acids is 1. The van der Waals surface area contributed by atoms with Gasteiger partial charge in [-0.2, -0.15) is 0 Å². The summed E-state index contributed by atoms with van der Waals surface area (Å²) in [4.78, 5) is 13.1. The lowest BCUT2D eigenvalue weighted by molar-refractivity contribution is 0.0925. The second-order valence-corrected chi connectivity index (χ2v) is 10.2. The first-order valence-electron chi connectivity index (χ1n) is 11.1. The van der Waals surface area contributed by atoms with Gasteiger partial charge in [0, 0.05) is 5.56 Å². The Morgan fingerprint density at radius 3 is 2.26 bits per heavy atom. The van der Waals surface area contributed by atoms with Crippen LogP contribution < -0.4 is 19.5 Å². The number of benzene rings is 3. The average Bonchev–Trinajstić information content (AvgIpc) is 2.83. The second-order valence-electron chi connectivity index (χ2n) is 8.54. The molecule has 1 heterocycles. The SMILES string of the molecule is Cc1ccccc1NS(=O)(=O)c1ccc(C(=O)N[C@@H](c2ccc3c(c2)OCCO3)C(C)C)cc1. The number of rotatable bonds is 7. The van der Waals surface area contributed by atoms with E-state index in [1.165, 1.54) is 24.3 Å². The maximum absolute atomic E-state index is 13.0. The Morgan fingerprint density at radius 2 is 1.59 bits per heavy atom. The van der Waals surface area contributed by atoms with E-state index in [4.69, 9.17) is 9.47 Å². The van der Waals surface area contributed by atoms with E-state index < -0.39 is 10.0 Å². The summed E-state index contributed by atoms with van der Waals surface area (Å²) in [6.45, 7) is 6.88. The molecule has 0 aliphatic carbocycles. The van der Waals surface area contributed by atoms with Crippen molar-refractivity contribution in [3.8, 4) is 11.5 Å². The molecule has 0 saturated heterocycles. The molecule has 178 valence electrons. The van der Waals surface area contributed by atoms with Crippen molar-refractivity contribution in [3.63, 3.8) is 0 Å². The summed E-state index contributed by atoms with van der Waals surface area (Å²) in [6, 6.07) is 18.5. The van der Waals surface area contributed by atoms with Gasteiger partial charge < -0.3 is 14.8 Å². The van der Waals surface area contributed by atoms with Gasteiger partial charge in [0.1, 0.15) is 13.2 Å². The Hall–Kier alpha value is -3.52. The highest BCUT2D eigenvalue weighted by atomic mass is 32.2. The van der Waals surface area contributed by atoms with Crippen LogP contribution in [0.2, 0.25) is 0 Å². The summed E-state index contributed by atoms with van der Waals surface area (Å²) >= 11 is 0. The fourth-order valence-electron chi connectivity index (χ4n) is 3.79. The molecule has 4 rings (SSSR count). The fourth-order valence-corrected chi connectivity index (χ4v) is 4.92. The number of sulfonamides is 1. The third kappa shape index (κ3) is 5.17. The lowest BCUT2D eigenvalue weighted by Crippen LogP contribution is -2.32. The Morgan fingerprint density at radius 1 is 0.912 bits per heavy atom. The molecule has 8 heteroatoms. The number of hydrogen-bond acceptors (Lipinski definition) is 5. The largest absolute Gasteiger partial charge is 0.486 e. The molecule has 0 saturated carbocycles. The number of ether oxygens (including phenoxy) is 2. The quantitative estimate of drug-likeness (QED) is 0.512. The van der Waals surface area contributed by atoms with Crippen molar-refractivity contribution in [1.82, 2.24) is 5.32 Å². The average molecular weight is 481 g/mol. The van der Waals surface area contributed by atoms with Crippen LogP contribution in [0.25, 0.3) is 0 Å². The first-order chi connectivity index (χ1) is 16.2. The molecule has 1 atom stereocenters. The van der Waals surface area contributed by atoms with E-state index in [9.17, 15) is 13.2 Å². The van der Waals surface area contributed by atoms with E-state index in [0.717, 1.165) is 11.1 Å². The van der Waals surface area contributed by atoms with Gasteiger partial charge in [0.25, 0.3) is 15.9 Å². The zero-order chi connectivity index (χ0) is 24.3. The summed E-state index contributed by atoms with van der Waals surface area (Å²) in [5.41, 5.74) is 2.62. The van der Waals surface area contributed by atoms with Crippen LogP contribution in [-0.4, -0.2) is 27.5 Å². The molecule has 0 spiro atoms. The van der Waals surface area contributed by atoms with Gasteiger partial charge in [-0.1, -0.05) is 38.1 Å². The number of nitrogens with one attached hydrogen (secondary N) is 2. The minimum atomic E-state index is -3.77. The number of aryl methyl sites for hydroxylation is 1. The summed E-state index contributed by atoms with van der Waals surface area (Å²) in [5, 5.41) is 3.06. The van der Waals surface area contributed by atoms with Crippen molar-refractivity contribution in [2.45, 2.75) is 31.7 Å². The summed E-state index contributed by atoms with van der Waals surface area (Å²) in [7, 11) is -3.77. The lowest BCUT2D eigenvalue weighted by Gasteiger charge is -2.25. The molecule has 0 bridgehead atoms. The fraction of sp³-hybridized carbons (Fsp3) is 0.269. The van der Waals surface area contributed by atoms with E-state index in [2.05, 4.69) is 10.0 Å². The molecule has 1 amide bonds. The molecule has 0 radical (unpaired) electrons. The highest BCUT2D eigenvalue weighted by Crippen LogP contribution is 2.34. The third-order valence-electron chi connectivity index (χ3n) is 5.69. The normalized spacial score (nSPS) is 13.9. The third-order valence-corrected chi connectivity index (χ3v) is 7.08. The number of hydrogen-bond donors (Lipinski definition) is 2. The standard InChI is InChI=1S/C26H28N2O5S/c1-17(2)25(20-10-13-23-24(16-20)33-15-14-32-23)27-26(29)19-8-11-21(12-9-19)34(30,31)28-22-7-5-4-6-18(22)3/h4-13,16-17,25,28H,14-15H2,1-3H3,(H,27,29)/t25-/m1/s1. The molecular formula is C26H28N2O5S. The molecule has 7 nitrogen and oxygen atoms in total. The van der Waals surface area contributed by atoms with Crippen LogP contribution in [0.5, 0.6) is 11.5 Å². The molecule has 0 fully saturated rings. The molecular weight excluding hydrogens is 452 g/mol. The highest BCUT2D eigenvalue weighted by molar-refractivity contribution is 7.92. The minimum Gasteiger partial charge on any atom is -0.486 e. The Labute approximate surface area is 200 Å². The Kier molecular flexibility index (Phi) is 6.79. The van der Waals surface area contributed by atoms with Gasteiger partial charge in [0.15, 0.2) is 11.5 Å². The Bertz CT molecular complexity index is 1290. The topological polar surface area (TPSA) is 93.7 Å².